The lowest BCUT2D eigenvalue weighted by Crippen LogP contribution is -2.37. The second-order valence-corrected chi connectivity index (χ2v) is 11.4. The van der Waals surface area contributed by atoms with Crippen LogP contribution in [0.5, 0.6) is 0 Å². The van der Waals surface area contributed by atoms with Gasteiger partial charge in [0.1, 0.15) is 5.82 Å². The van der Waals surface area contributed by atoms with Crippen LogP contribution in [0.3, 0.4) is 0 Å². The molecule has 1 aromatic heterocycles. The number of anilines is 1. The molecule has 2 atom stereocenters. The normalized spacial score (nSPS) is 15.4. The first kappa shape index (κ1) is 34.8. The standard InChI is InChI=1S/C29H43N5.C6H10F2/c1-8-27(9-2)23(5)33-25(7)34-24(6)28-17-18-30-29(19-28)32-22(4)20-31-21(3)15-16-26-13-11-10-12-14-26;7-6(8)4-2-1-3-5-6/h10-14,17-19,23-24,27,31,33-34H,3-4,7-9,15-16,20H2,1-2,5-6H3,(H,30,32);1-5H2. The molecule has 1 aliphatic rings. The summed E-state index contributed by atoms with van der Waals surface area (Å²) in [7, 11) is 0. The van der Waals surface area contributed by atoms with Gasteiger partial charge >= 0.3 is 0 Å². The zero-order valence-electron chi connectivity index (χ0n) is 26.2. The number of alkyl halides is 2. The molecular formula is C35H53F2N5. The fourth-order valence-electron chi connectivity index (χ4n) is 5.11. The third-order valence-corrected chi connectivity index (χ3v) is 7.83. The lowest BCUT2D eigenvalue weighted by molar-refractivity contribution is -0.0337. The first-order chi connectivity index (χ1) is 20.0. The summed E-state index contributed by atoms with van der Waals surface area (Å²) in [6, 6.07) is 15.0. The number of nitrogens with one attached hydrogen (secondary N) is 4. The van der Waals surface area contributed by atoms with Crippen molar-refractivity contribution < 1.29 is 8.78 Å². The van der Waals surface area contributed by atoms with Gasteiger partial charge in [0, 0.05) is 36.5 Å². The number of rotatable bonds is 16. The number of halogens is 2. The third-order valence-electron chi connectivity index (χ3n) is 7.83. The van der Waals surface area contributed by atoms with Gasteiger partial charge in [-0.15, -0.1) is 0 Å². The van der Waals surface area contributed by atoms with E-state index in [4.69, 9.17) is 0 Å². The molecule has 0 bridgehead atoms. The largest absolute Gasteiger partial charge is 0.383 e. The van der Waals surface area contributed by atoms with Gasteiger partial charge in [0.25, 0.3) is 0 Å². The molecule has 1 fully saturated rings. The second-order valence-electron chi connectivity index (χ2n) is 11.4. The highest BCUT2D eigenvalue weighted by molar-refractivity contribution is 5.44. The number of aryl methyl sites for hydroxylation is 1. The van der Waals surface area contributed by atoms with E-state index >= 15 is 0 Å². The highest BCUT2D eigenvalue weighted by atomic mass is 19.3. The summed E-state index contributed by atoms with van der Waals surface area (Å²) < 4.78 is 24.4. The molecule has 4 N–H and O–H groups in total. The van der Waals surface area contributed by atoms with Crippen LogP contribution in [0.15, 0.2) is 85.6 Å². The van der Waals surface area contributed by atoms with Gasteiger partial charge in [-0.2, -0.15) is 0 Å². The zero-order valence-corrected chi connectivity index (χ0v) is 26.2. The van der Waals surface area contributed by atoms with Crippen LogP contribution >= 0.6 is 0 Å². The van der Waals surface area contributed by atoms with Crippen molar-refractivity contribution in [3.8, 4) is 0 Å². The average Bonchev–Trinajstić information content (AvgIpc) is 2.96. The first-order valence-electron chi connectivity index (χ1n) is 15.5. The second kappa shape index (κ2) is 18.2. The minimum Gasteiger partial charge on any atom is -0.383 e. The lowest BCUT2D eigenvalue weighted by atomic mass is 9.95. The molecule has 2 unspecified atom stereocenters. The molecule has 232 valence electrons. The third kappa shape index (κ3) is 13.5. The number of benzene rings is 1. The molecule has 2 aromatic rings. The monoisotopic (exact) mass is 581 g/mol. The maximum absolute atomic E-state index is 12.2. The molecule has 42 heavy (non-hydrogen) atoms. The Hall–Kier alpha value is -3.35. The Morgan fingerprint density at radius 1 is 0.929 bits per heavy atom. The summed E-state index contributed by atoms with van der Waals surface area (Å²) in [5, 5.41) is 13.6. The molecule has 0 radical (unpaired) electrons. The van der Waals surface area contributed by atoms with E-state index in [2.05, 4.69) is 97.9 Å². The molecule has 1 saturated carbocycles. The number of hydrogen-bond acceptors (Lipinski definition) is 5. The minimum atomic E-state index is -2.32. The number of allylic oxidation sites excluding steroid dienone is 1. The maximum Gasteiger partial charge on any atom is 0.248 e. The van der Waals surface area contributed by atoms with Crippen LogP contribution in [-0.4, -0.2) is 23.5 Å². The van der Waals surface area contributed by atoms with E-state index in [1.165, 1.54) is 5.56 Å². The van der Waals surface area contributed by atoms with E-state index in [-0.39, 0.29) is 18.9 Å². The van der Waals surface area contributed by atoms with Gasteiger partial charge in [0.2, 0.25) is 5.92 Å². The highest BCUT2D eigenvalue weighted by Crippen LogP contribution is 2.32. The summed E-state index contributed by atoms with van der Waals surface area (Å²) in [6.45, 7) is 21.9. The van der Waals surface area contributed by atoms with Gasteiger partial charge in [0.05, 0.1) is 18.4 Å². The molecule has 0 aliphatic heterocycles. The Kier molecular flexibility index (Phi) is 15.1. The van der Waals surface area contributed by atoms with Crippen LogP contribution in [-0.2, 0) is 6.42 Å². The Bertz CT molecular complexity index is 1090. The van der Waals surface area contributed by atoms with Gasteiger partial charge in [-0.25, -0.2) is 13.8 Å². The van der Waals surface area contributed by atoms with Crippen LogP contribution in [0.1, 0.15) is 96.2 Å². The fourth-order valence-corrected chi connectivity index (χ4v) is 5.11. The molecule has 1 aliphatic carbocycles. The summed E-state index contributed by atoms with van der Waals surface area (Å²) in [5.41, 5.74) is 4.29. The Morgan fingerprint density at radius 3 is 2.19 bits per heavy atom. The van der Waals surface area contributed by atoms with Gasteiger partial charge in [-0.3, -0.25) is 0 Å². The predicted molar refractivity (Wildman–Crippen MR) is 174 cm³/mol. The number of hydrogen-bond donors (Lipinski definition) is 4. The van der Waals surface area contributed by atoms with Crippen molar-refractivity contribution in [3.05, 3.63) is 96.7 Å². The molecule has 7 heteroatoms. The minimum absolute atomic E-state index is 0.0987. The van der Waals surface area contributed by atoms with E-state index in [1.807, 2.05) is 24.4 Å². The summed E-state index contributed by atoms with van der Waals surface area (Å²) in [4.78, 5) is 4.45. The molecule has 1 heterocycles. The first-order valence-corrected chi connectivity index (χ1v) is 15.5. The number of nitrogens with zero attached hydrogens (tertiary/aromatic N) is 1. The van der Waals surface area contributed by atoms with Crippen molar-refractivity contribution in [2.24, 2.45) is 5.92 Å². The van der Waals surface area contributed by atoms with E-state index in [0.717, 1.165) is 60.7 Å². The summed E-state index contributed by atoms with van der Waals surface area (Å²) in [6.07, 6.45) is 8.66. The maximum atomic E-state index is 12.2. The quantitative estimate of drug-likeness (QED) is 0.160. The van der Waals surface area contributed by atoms with E-state index in [0.29, 0.717) is 31.3 Å². The van der Waals surface area contributed by atoms with Gasteiger partial charge < -0.3 is 21.3 Å². The molecule has 0 amide bonds. The Morgan fingerprint density at radius 2 is 1.60 bits per heavy atom. The molecule has 0 spiro atoms. The van der Waals surface area contributed by atoms with Crippen molar-refractivity contribution >= 4 is 5.82 Å². The molecule has 5 nitrogen and oxygen atoms in total. The van der Waals surface area contributed by atoms with Crippen molar-refractivity contribution in [2.75, 3.05) is 11.9 Å². The highest BCUT2D eigenvalue weighted by Gasteiger charge is 2.30. The van der Waals surface area contributed by atoms with Crippen molar-refractivity contribution in [1.82, 2.24) is 20.9 Å². The van der Waals surface area contributed by atoms with Gasteiger partial charge in [0.15, 0.2) is 0 Å². The molecule has 3 rings (SSSR count). The SMILES string of the molecule is C=C(CCc1ccccc1)NCC(=C)Nc1cc(C(C)NC(=C)NC(C)C(CC)CC)ccn1.FC1(F)CCCCC1. The van der Waals surface area contributed by atoms with Crippen LogP contribution in [0.25, 0.3) is 0 Å². The zero-order chi connectivity index (χ0) is 31.0. The number of aromatic nitrogens is 1. The summed E-state index contributed by atoms with van der Waals surface area (Å²) in [5.74, 6) is -0.0598. The van der Waals surface area contributed by atoms with Gasteiger partial charge in [-0.1, -0.05) is 83.2 Å². The molecular weight excluding hydrogens is 528 g/mol. The molecule has 0 saturated heterocycles. The van der Waals surface area contributed by atoms with E-state index < -0.39 is 5.92 Å². The smallest absolute Gasteiger partial charge is 0.248 e. The average molecular weight is 582 g/mol. The molecule has 1 aromatic carbocycles. The van der Waals surface area contributed by atoms with E-state index in [9.17, 15) is 8.78 Å². The predicted octanol–water partition coefficient (Wildman–Crippen LogP) is 8.87. The van der Waals surface area contributed by atoms with Crippen molar-refractivity contribution in [3.63, 3.8) is 0 Å². The lowest BCUT2D eigenvalue weighted by Gasteiger charge is -2.27. The number of pyridine rings is 1. The topological polar surface area (TPSA) is 61.0 Å². The van der Waals surface area contributed by atoms with Crippen molar-refractivity contribution in [1.29, 1.82) is 0 Å². The van der Waals surface area contributed by atoms with Gasteiger partial charge in [-0.05, 0) is 68.7 Å². The van der Waals surface area contributed by atoms with Crippen LogP contribution in [0, 0.1) is 5.92 Å². The Balaban J connectivity index is 0.000000661. The van der Waals surface area contributed by atoms with Crippen LogP contribution in [0.2, 0.25) is 0 Å². The van der Waals surface area contributed by atoms with E-state index in [1.54, 1.807) is 0 Å². The fraction of sp³-hybridized carbons (Fsp3) is 0.514. The summed E-state index contributed by atoms with van der Waals surface area (Å²) >= 11 is 0. The van der Waals surface area contributed by atoms with Crippen molar-refractivity contribution in [2.45, 2.75) is 103 Å². The Labute approximate surface area is 253 Å². The van der Waals surface area contributed by atoms with Crippen LogP contribution in [0.4, 0.5) is 14.6 Å². The van der Waals surface area contributed by atoms with Crippen LogP contribution < -0.4 is 21.3 Å².